The molecule has 0 bridgehead atoms. The van der Waals surface area contributed by atoms with Gasteiger partial charge in [-0.3, -0.25) is 4.79 Å². The van der Waals surface area contributed by atoms with Crippen LogP contribution in [0.2, 0.25) is 0 Å². The molecule has 1 amide bonds. The minimum absolute atomic E-state index is 0.0305. The van der Waals surface area contributed by atoms with E-state index in [0.717, 1.165) is 30.8 Å². The SMILES string of the molecule is COC1([C@H]2C(=O)Nc3c(C)nc(C)nc3N2C)CCC1. The Bertz CT molecular complexity index is 563. The first-order valence-corrected chi connectivity index (χ1v) is 6.92. The monoisotopic (exact) mass is 276 g/mol. The van der Waals surface area contributed by atoms with Gasteiger partial charge in [0.25, 0.3) is 0 Å². The highest BCUT2D eigenvalue weighted by Gasteiger charge is 2.52. The first-order chi connectivity index (χ1) is 9.48. The smallest absolute Gasteiger partial charge is 0.250 e. The molecule has 6 nitrogen and oxygen atoms in total. The highest BCUT2D eigenvalue weighted by molar-refractivity contribution is 6.04. The van der Waals surface area contributed by atoms with Crippen LogP contribution in [0.1, 0.15) is 30.8 Å². The van der Waals surface area contributed by atoms with E-state index in [2.05, 4.69) is 15.3 Å². The molecule has 2 heterocycles. The summed E-state index contributed by atoms with van der Waals surface area (Å²) in [6, 6.07) is -0.331. The Balaban J connectivity index is 2.06. The lowest BCUT2D eigenvalue weighted by Crippen LogP contribution is -2.64. The third-order valence-electron chi connectivity index (χ3n) is 4.51. The first kappa shape index (κ1) is 13.3. The predicted octanol–water partition coefficient (Wildman–Crippen LogP) is 1.42. The van der Waals surface area contributed by atoms with Crippen molar-refractivity contribution in [2.24, 2.45) is 0 Å². The number of aryl methyl sites for hydroxylation is 2. The number of rotatable bonds is 2. The Kier molecular flexibility index (Phi) is 2.93. The van der Waals surface area contributed by atoms with Crippen molar-refractivity contribution in [3.8, 4) is 0 Å². The molecule has 1 aliphatic carbocycles. The van der Waals surface area contributed by atoms with Crippen molar-refractivity contribution >= 4 is 17.4 Å². The zero-order valence-electron chi connectivity index (χ0n) is 12.4. The molecule has 1 atom stereocenters. The van der Waals surface area contributed by atoms with Crippen molar-refractivity contribution < 1.29 is 9.53 Å². The fourth-order valence-corrected chi connectivity index (χ4v) is 3.29. The molecule has 0 unspecified atom stereocenters. The van der Waals surface area contributed by atoms with Gasteiger partial charge in [-0.05, 0) is 33.1 Å². The third kappa shape index (κ3) is 1.71. The molecule has 2 aliphatic rings. The average Bonchev–Trinajstić information content (AvgIpc) is 2.34. The summed E-state index contributed by atoms with van der Waals surface area (Å²) in [6.45, 7) is 3.75. The maximum absolute atomic E-state index is 12.5. The number of carbonyl (C=O) groups excluding carboxylic acids is 1. The number of hydrogen-bond donors (Lipinski definition) is 1. The molecule has 20 heavy (non-hydrogen) atoms. The molecule has 0 aromatic carbocycles. The third-order valence-corrected chi connectivity index (χ3v) is 4.51. The molecule has 0 radical (unpaired) electrons. The van der Waals surface area contributed by atoms with E-state index < -0.39 is 0 Å². The van der Waals surface area contributed by atoms with Gasteiger partial charge in [-0.2, -0.15) is 0 Å². The number of nitrogens with one attached hydrogen (secondary N) is 1. The zero-order valence-corrected chi connectivity index (χ0v) is 12.4. The van der Waals surface area contributed by atoms with Gasteiger partial charge in [0.15, 0.2) is 5.82 Å². The van der Waals surface area contributed by atoms with Crippen LogP contribution in [0.25, 0.3) is 0 Å². The lowest BCUT2D eigenvalue weighted by atomic mass is 9.73. The van der Waals surface area contributed by atoms with Crippen LogP contribution in [0.4, 0.5) is 11.5 Å². The molecule has 1 fully saturated rings. The highest BCUT2D eigenvalue weighted by atomic mass is 16.5. The van der Waals surface area contributed by atoms with Gasteiger partial charge >= 0.3 is 0 Å². The summed E-state index contributed by atoms with van der Waals surface area (Å²) in [7, 11) is 3.60. The number of amides is 1. The summed E-state index contributed by atoms with van der Waals surface area (Å²) in [5, 5.41) is 2.96. The number of hydrogen-bond acceptors (Lipinski definition) is 5. The van der Waals surface area contributed by atoms with Gasteiger partial charge < -0.3 is 15.0 Å². The van der Waals surface area contributed by atoms with Crippen LogP contribution in [-0.4, -0.2) is 41.7 Å². The Morgan fingerprint density at radius 2 is 2.05 bits per heavy atom. The molecule has 6 heteroatoms. The van der Waals surface area contributed by atoms with Crippen LogP contribution in [0.3, 0.4) is 0 Å². The minimum Gasteiger partial charge on any atom is -0.376 e. The lowest BCUT2D eigenvalue weighted by Gasteiger charge is -2.50. The molecule has 1 N–H and O–H groups in total. The molecular weight excluding hydrogens is 256 g/mol. The first-order valence-electron chi connectivity index (χ1n) is 6.92. The van der Waals surface area contributed by atoms with Crippen LogP contribution in [0.5, 0.6) is 0 Å². The van der Waals surface area contributed by atoms with E-state index in [9.17, 15) is 4.79 Å². The standard InChI is InChI=1S/C14H20N4O2/c1-8-10-12(16-9(2)15-8)18(3)11(13(19)17-10)14(20-4)6-5-7-14/h11H,5-7H2,1-4H3,(H,17,19)/t11-/m1/s1. The second-order valence-electron chi connectivity index (χ2n) is 5.68. The maximum atomic E-state index is 12.5. The van der Waals surface area contributed by atoms with Crippen LogP contribution >= 0.6 is 0 Å². The fraction of sp³-hybridized carbons (Fsp3) is 0.643. The van der Waals surface area contributed by atoms with E-state index in [1.165, 1.54) is 0 Å². The van der Waals surface area contributed by atoms with E-state index >= 15 is 0 Å². The van der Waals surface area contributed by atoms with Gasteiger partial charge in [0.1, 0.15) is 17.6 Å². The van der Waals surface area contributed by atoms with Gasteiger partial charge in [0, 0.05) is 14.2 Å². The minimum atomic E-state index is -0.386. The Hall–Kier alpha value is -1.69. The molecule has 108 valence electrons. The van der Waals surface area contributed by atoms with Crippen molar-refractivity contribution in [3.63, 3.8) is 0 Å². The Morgan fingerprint density at radius 1 is 1.35 bits per heavy atom. The number of nitrogens with zero attached hydrogens (tertiary/aromatic N) is 3. The molecule has 1 aromatic rings. The van der Waals surface area contributed by atoms with Crippen molar-refractivity contribution in [2.45, 2.75) is 44.8 Å². The number of methoxy groups -OCH3 is 1. The number of ether oxygens (including phenoxy) is 1. The average molecular weight is 276 g/mol. The topological polar surface area (TPSA) is 67.3 Å². The van der Waals surface area contributed by atoms with Crippen molar-refractivity contribution in [3.05, 3.63) is 11.5 Å². The summed E-state index contributed by atoms with van der Waals surface area (Å²) < 4.78 is 5.68. The summed E-state index contributed by atoms with van der Waals surface area (Å²) in [5.41, 5.74) is 1.12. The van der Waals surface area contributed by atoms with Gasteiger partial charge in [-0.25, -0.2) is 9.97 Å². The zero-order chi connectivity index (χ0) is 14.5. The quantitative estimate of drug-likeness (QED) is 0.885. The summed E-state index contributed by atoms with van der Waals surface area (Å²) in [6.07, 6.45) is 2.91. The lowest BCUT2D eigenvalue weighted by molar-refractivity contribution is -0.135. The Morgan fingerprint density at radius 3 is 2.60 bits per heavy atom. The van der Waals surface area contributed by atoms with Crippen LogP contribution in [-0.2, 0) is 9.53 Å². The highest BCUT2D eigenvalue weighted by Crippen LogP contribution is 2.44. The summed E-state index contributed by atoms with van der Waals surface area (Å²) in [4.78, 5) is 23.3. The van der Waals surface area contributed by atoms with Crippen molar-refractivity contribution in [2.75, 3.05) is 24.4 Å². The molecule has 1 saturated carbocycles. The van der Waals surface area contributed by atoms with E-state index in [1.54, 1.807) is 7.11 Å². The maximum Gasteiger partial charge on any atom is 0.250 e. The van der Waals surface area contributed by atoms with E-state index in [1.807, 2.05) is 25.8 Å². The number of anilines is 2. The van der Waals surface area contributed by atoms with E-state index in [-0.39, 0.29) is 17.6 Å². The number of aromatic nitrogens is 2. The molecule has 1 aromatic heterocycles. The molecular formula is C14H20N4O2. The van der Waals surface area contributed by atoms with Gasteiger partial charge in [0.05, 0.1) is 11.3 Å². The number of fused-ring (bicyclic) bond motifs is 1. The summed E-state index contributed by atoms with van der Waals surface area (Å²) >= 11 is 0. The van der Waals surface area contributed by atoms with Gasteiger partial charge in [-0.15, -0.1) is 0 Å². The second-order valence-corrected chi connectivity index (χ2v) is 5.68. The Labute approximate surface area is 118 Å². The molecule has 3 rings (SSSR count). The van der Waals surface area contributed by atoms with Crippen molar-refractivity contribution in [1.29, 1.82) is 0 Å². The van der Waals surface area contributed by atoms with Crippen molar-refractivity contribution in [1.82, 2.24) is 9.97 Å². The molecule has 1 aliphatic heterocycles. The van der Waals surface area contributed by atoms with Gasteiger partial charge in [-0.1, -0.05) is 0 Å². The van der Waals surface area contributed by atoms with Gasteiger partial charge in [0.2, 0.25) is 5.91 Å². The van der Waals surface area contributed by atoms with E-state index in [4.69, 9.17) is 4.74 Å². The van der Waals surface area contributed by atoms with E-state index in [0.29, 0.717) is 11.5 Å². The normalized spacial score (nSPS) is 23.9. The number of likely N-dealkylation sites (N-methyl/N-ethyl adjacent to an activating group) is 1. The van der Waals surface area contributed by atoms with Crippen LogP contribution < -0.4 is 10.2 Å². The van der Waals surface area contributed by atoms with Crippen LogP contribution in [0.15, 0.2) is 0 Å². The molecule has 0 spiro atoms. The summed E-state index contributed by atoms with van der Waals surface area (Å²) in [5.74, 6) is 1.46. The molecule has 0 saturated heterocycles. The second kappa shape index (κ2) is 4.41. The largest absolute Gasteiger partial charge is 0.376 e. The predicted molar refractivity (Wildman–Crippen MR) is 75.9 cm³/mol. The number of carbonyl (C=O) groups is 1. The van der Waals surface area contributed by atoms with Crippen LogP contribution in [0, 0.1) is 13.8 Å². The fourth-order valence-electron chi connectivity index (χ4n) is 3.29.